The summed E-state index contributed by atoms with van der Waals surface area (Å²) >= 11 is 0. The molecule has 2 amide bonds. The summed E-state index contributed by atoms with van der Waals surface area (Å²) < 4.78 is 0. The number of hydrogen-bond acceptors (Lipinski definition) is 3. The molecule has 0 bridgehead atoms. The van der Waals surface area contributed by atoms with E-state index in [1.165, 1.54) is 6.42 Å². The van der Waals surface area contributed by atoms with E-state index < -0.39 is 0 Å². The number of hydrogen-bond donors (Lipinski definition) is 2. The van der Waals surface area contributed by atoms with Gasteiger partial charge >= 0.3 is 6.03 Å². The van der Waals surface area contributed by atoms with Gasteiger partial charge in [0.1, 0.15) is 0 Å². The highest BCUT2D eigenvalue weighted by atomic mass is 16.3. The smallest absolute Gasteiger partial charge is 0.317 e. The van der Waals surface area contributed by atoms with Gasteiger partial charge in [0.15, 0.2) is 0 Å². The van der Waals surface area contributed by atoms with Crippen LogP contribution < -0.4 is 5.32 Å². The zero-order valence-corrected chi connectivity index (χ0v) is 13.4. The first-order valence-electron chi connectivity index (χ1n) is 8.16. The van der Waals surface area contributed by atoms with Crippen molar-refractivity contribution in [2.45, 2.75) is 32.4 Å². The lowest BCUT2D eigenvalue weighted by atomic mass is 10.2. The lowest BCUT2D eigenvalue weighted by Crippen LogP contribution is -2.46. The van der Waals surface area contributed by atoms with Gasteiger partial charge in [0.2, 0.25) is 0 Å². The highest BCUT2D eigenvalue weighted by Gasteiger charge is 2.24. The van der Waals surface area contributed by atoms with Crippen molar-refractivity contribution in [3.05, 3.63) is 35.9 Å². The number of nitrogens with zero attached hydrogens (tertiary/aromatic N) is 2. The normalized spacial score (nSPS) is 18.4. The zero-order chi connectivity index (χ0) is 15.8. The molecule has 1 unspecified atom stereocenters. The summed E-state index contributed by atoms with van der Waals surface area (Å²) in [7, 11) is 0. The van der Waals surface area contributed by atoms with Crippen molar-refractivity contribution >= 4 is 6.03 Å². The first-order chi connectivity index (χ1) is 10.7. The second kappa shape index (κ2) is 8.76. The molecule has 0 radical (unpaired) electrons. The van der Waals surface area contributed by atoms with Crippen molar-refractivity contribution < 1.29 is 9.90 Å². The van der Waals surface area contributed by atoms with Crippen LogP contribution in [0.25, 0.3) is 0 Å². The summed E-state index contributed by atoms with van der Waals surface area (Å²) in [6.07, 6.45) is 2.35. The molecule has 1 aromatic carbocycles. The van der Waals surface area contributed by atoms with Crippen LogP contribution in [0.2, 0.25) is 0 Å². The van der Waals surface area contributed by atoms with Gasteiger partial charge in [0, 0.05) is 25.7 Å². The Kier molecular flexibility index (Phi) is 6.68. The number of aliphatic hydroxyl groups excluding tert-OH is 1. The molecule has 0 spiro atoms. The van der Waals surface area contributed by atoms with Crippen LogP contribution in [0.3, 0.4) is 0 Å². The number of rotatable bonds is 7. The van der Waals surface area contributed by atoms with E-state index in [9.17, 15) is 9.90 Å². The van der Waals surface area contributed by atoms with Crippen molar-refractivity contribution in [2.24, 2.45) is 0 Å². The molecule has 1 aromatic rings. The second-order valence-electron chi connectivity index (χ2n) is 5.74. The zero-order valence-electron chi connectivity index (χ0n) is 13.4. The minimum atomic E-state index is -0.0964. The number of amides is 2. The van der Waals surface area contributed by atoms with E-state index >= 15 is 0 Å². The summed E-state index contributed by atoms with van der Waals surface area (Å²) in [5.74, 6) is 0. The summed E-state index contributed by atoms with van der Waals surface area (Å²) in [5.41, 5.74) is 1.07. The number of urea groups is 1. The van der Waals surface area contributed by atoms with Crippen molar-refractivity contribution in [2.75, 3.05) is 32.8 Å². The van der Waals surface area contributed by atoms with Gasteiger partial charge in [0.25, 0.3) is 0 Å². The summed E-state index contributed by atoms with van der Waals surface area (Å²) in [4.78, 5) is 16.5. The van der Waals surface area contributed by atoms with E-state index in [0.29, 0.717) is 25.7 Å². The molecule has 122 valence electrons. The SMILES string of the molecule is CCN1CCCC1CNC(=O)N(CCO)Cc1ccccc1. The Morgan fingerprint density at radius 3 is 2.86 bits per heavy atom. The van der Waals surface area contributed by atoms with Gasteiger partial charge in [-0.05, 0) is 31.5 Å². The van der Waals surface area contributed by atoms with Gasteiger partial charge in [-0.1, -0.05) is 37.3 Å². The Balaban J connectivity index is 1.86. The van der Waals surface area contributed by atoms with Crippen LogP contribution in [0.15, 0.2) is 30.3 Å². The van der Waals surface area contributed by atoms with Crippen molar-refractivity contribution in [3.8, 4) is 0 Å². The molecule has 1 atom stereocenters. The van der Waals surface area contributed by atoms with Crippen LogP contribution in [0.4, 0.5) is 4.79 Å². The van der Waals surface area contributed by atoms with Crippen LogP contribution in [0, 0.1) is 0 Å². The van der Waals surface area contributed by atoms with Crippen LogP contribution in [-0.4, -0.2) is 59.8 Å². The van der Waals surface area contributed by atoms with E-state index in [1.807, 2.05) is 30.3 Å². The van der Waals surface area contributed by atoms with Gasteiger partial charge in [-0.25, -0.2) is 4.79 Å². The summed E-state index contributed by atoms with van der Waals surface area (Å²) in [6.45, 7) is 5.85. The molecule has 5 nitrogen and oxygen atoms in total. The Bertz CT molecular complexity index is 452. The molecule has 5 heteroatoms. The van der Waals surface area contributed by atoms with E-state index in [0.717, 1.165) is 25.1 Å². The number of carbonyl (C=O) groups is 1. The predicted octanol–water partition coefficient (Wildman–Crippen LogP) is 1.67. The number of aliphatic hydroxyl groups is 1. The third-order valence-corrected chi connectivity index (χ3v) is 4.27. The maximum absolute atomic E-state index is 12.4. The number of nitrogens with one attached hydrogen (secondary N) is 1. The first kappa shape index (κ1) is 16.8. The molecule has 2 N–H and O–H groups in total. The Morgan fingerprint density at radius 1 is 1.41 bits per heavy atom. The Morgan fingerprint density at radius 2 is 2.18 bits per heavy atom. The summed E-state index contributed by atoms with van der Waals surface area (Å²) in [6, 6.07) is 10.2. The lowest BCUT2D eigenvalue weighted by Gasteiger charge is -2.26. The quantitative estimate of drug-likeness (QED) is 0.806. The second-order valence-corrected chi connectivity index (χ2v) is 5.74. The molecule has 1 aliphatic rings. The first-order valence-corrected chi connectivity index (χ1v) is 8.16. The number of likely N-dealkylation sites (N-methyl/N-ethyl adjacent to an activating group) is 1. The molecule has 1 aliphatic heterocycles. The highest BCUT2D eigenvalue weighted by Crippen LogP contribution is 2.15. The van der Waals surface area contributed by atoms with E-state index in [2.05, 4.69) is 17.1 Å². The van der Waals surface area contributed by atoms with Gasteiger partial charge in [-0.3, -0.25) is 4.90 Å². The molecule has 22 heavy (non-hydrogen) atoms. The predicted molar refractivity (Wildman–Crippen MR) is 87.6 cm³/mol. The van der Waals surface area contributed by atoms with E-state index in [1.54, 1.807) is 4.90 Å². The Hall–Kier alpha value is -1.59. The molecular weight excluding hydrogens is 278 g/mol. The standard InChI is InChI=1S/C17H27N3O2/c1-2-19-10-6-9-16(19)13-18-17(22)20(11-12-21)14-15-7-4-3-5-8-15/h3-5,7-8,16,21H,2,6,9-14H2,1H3,(H,18,22). The van der Waals surface area contributed by atoms with Crippen molar-refractivity contribution in [1.29, 1.82) is 0 Å². The number of benzene rings is 1. The molecular formula is C17H27N3O2. The van der Waals surface area contributed by atoms with Crippen LogP contribution in [0.1, 0.15) is 25.3 Å². The fraction of sp³-hybridized carbons (Fsp3) is 0.588. The molecule has 0 saturated carbocycles. The summed E-state index contributed by atoms with van der Waals surface area (Å²) in [5, 5.41) is 12.2. The van der Waals surface area contributed by atoms with E-state index in [4.69, 9.17) is 0 Å². The third-order valence-electron chi connectivity index (χ3n) is 4.27. The highest BCUT2D eigenvalue weighted by molar-refractivity contribution is 5.74. The minimum absolute atomic E-state index is 0.0230. The molecule has 2 rings (SSSR count). The van der Waals surface area contributed by atoms with Crippen LogP contribution >= 0.6 is 0 Å². The van der Waals surface area contributed by atoms with Crippen LogP contribution in [-0.2, 0) is 6.54 Å². The number of likely N-dealkylation sites (tertiary alicyclic amines) is 1. The topological polar surface area (TPSA) is 55.8 Å². The molecule has 1 heterocycles. The van der Waals surface area contributed by atoms with Gasteiger partial charge in [-0.15, -0.1) is 0 Å². The fourth-order valence-electron chi connectivity index (χ4n) is 3.04. The van der Waals surface area contributed by atoms with Crippen molar-refractivity contribution in [1.82, 2.24) is 15.1 Å². The molecule has 0 aliphatic carbocycles. The third kappa shape index (κ3) is 4.71. The molecule has 0 aromatic heterocycles. The average molecular weight is 305 g/mol. The van der Waals surface area contributed by atoms with Gasteiger partial charge in [0.05, 0.1) is 6.61 Å². The van der Waals surface area contributed by atoms with Crippen molar-refractivity contribution in [3.63, 3.8) is 0 Å². The van der Waals surface area contributed by atoms with Gasteiger partial charge in [-0.2, -0.15) is 0 Å². The maximum atomic E-state index is 12.4. The minimum Gasteiger partial charge on any atom is -0.395 e. The van der Waals surface area contributed by atoms with Crippen LogP contribution in [0.5, 0.6) is 0 Å². The molecule has 1 fully saturated rings. The van der Waals surface area contributed by atoms with E-state index in [-0.39, 0.29) is 12.6 Å². The van der Waals surface area contributed by atoms with Gasteiger partial charge < -0.3 is 15.3 Å². The number of carbonyl (C=O) groups excluding carboxylic acids is 1. The Labute approximate surface area is 132 Å². The monoisotopic (exact) mass is 305 g/mol. The molecule has 1 saturated heterocycles. The fourth-order valence-corrected chi connectivity index (χ4v) is 3.04. The lowest BCUT2D eigenvalue weighted by molar-refractivity contribution is 0.170. The maximum Gasteiger partial charge on any atom is 0.317 e. The largest absolute Gasteiger partial charge is 0.395 e. The average Bonchev–Trinajstić information content (AvgIpc) is 3.00.